The van der Waals surface area contributed by atoms with Crippen LogP contribution >= 0.6 is 0 Å². The van der Waals surface area contributed by atoms with Crippen LogP contribution < -0.4 is 5.73 Å². The Morgan fingerprint density at radius 3 is 2.25 bits per heavy atom. The van der Waals surface area contributed by atoms with E-state index in [4.69, 9.17) is 5.73 Å². The zero-order chi connectivity index (χ0) is 9.19. The molecule has 0 aromatic rings. The van der Waals surface area contributed by atoms with Crippen LogP contribution in [-0.4, -0.2) is 12.9 Å². The summed E-state index contributed by atoms with van der Waals surface area (Å²) in [6.07, 6.45) is 5.01. The normalized spacial score (nSPS) is 25.8. The maximum atomic E-state index is 5.79. The van der Waals surface area contributed by atoms with Crippen molar-refractivity contribution in [2.75, 3.05) is 7.05 Å². The van der Waals surface area contributed by atoms with Crippen molar-refractivity contribution >= 4 is 5.84 Å². The van der Waals surface area contributed by atoms with Gasteiger partial charge in [0.15, 0.2) is 0 Å². The molecule has 1 rings (SSSR count). The van der Waals surface area contributed by atoms with Gasteiger partial charge >= 0.3 is 0 Å². The van der Waals surface area contributed by atoms with Crippen LogP contribution in [0.3, 0.4) is 0 Å². The number of amidine groups is 1. The average molecular weight is 168 g/mol. The molecule has 2 N–H and O–H groups in total. The zero-order valence-electron chi connectivity index (χ0n) is 8.43. The Labute approximate surface area is 75.3 Å². The first-order valence-corrected chi connectivity index (χ1v) is 4.77. The number of hydrogen-bond donors (Lipinski definition) is 1. The topological polar surface area (TPSA) is 38.4 Å². The highest BCUT2D eigenvalue weighted by molar-refractivity contribution is 5.82. The fourth-order valence-corrected chi connectivity index (χ4v) is 1.88. The second kappa shape index (κ2) is 3.46. The lowest BCUT2D eigenvalue weighted by Crippen LogP contribution is -2.30. The van der Waals surface area contributed by atoms with Crippen LogP contribution in [0, 0.1) is 11.3 Å². The fraction of sp³-hybridized carbons (Fsp3) is 0.900. The van der Waals surface area contributed by atoms with E-state index in [0.717, 1.165) is 5.84 Å². The largest absolute Gasteiger partial charge is 0.387 e. The summed E-state index contributed by atoms with van der Waals surface area (Å²) in [5.74, 6) is 1.41. The van der Waals surface area contributed by atoms with Gasteiger partial charge in [0.05, 0.1) is 5.84 Å². The third-order valence-corrected chi connectivity index (χ3v) is 3.02. The summed E-state index contributed by atoms with van der Waals surface area (Å²) in [6.45, 7) is 4.67. The first kappa shape index (κ1) is 9.56. The third kappa shape index (κ3) is 2.23. The van der Waals surface area contributed by atoms with Gasteiger partial charge < -0.3 is 5.73 Å². The van der Waals surface area contributed by atoms with E-state index in [1.165, 1.54) is 25.7 Å². The van der Waals surface area contributed by atoms with E-state index >= 15 is 0 Å². The molecule has 0 unspecified atom stereocenters. The summed E-state index contributed by atoms with van der Waals surface area (Å²) in [6, 6.07) is 0. The Kier molecular flexibility index (Phi) is 2.76. The minimum absolute atomic E-state index is 0.532. The fourth-order valence-electron chi connectivity index (χ4n) is 1.88. The van der Waals surface area contributed by atoms with Gasteiger partial charge in [-0.15, -0.1) is 0 Å². The highest BCUT2D eigenvalue weighted by atomic mass is 14.8. The first-order valence-electron chi connectivity index (χ1n) is 4.77. The molecule has 70 valence electrons. The van der Waals surface area contributed by atoms with Crippen molar-refractivity contribution < 1.29 is 0 Å². The maximum absolute atomic E-state index is 5.79. The molecule has 0 aromatic heterocycles. The Balaban J connectivity index is 2.47. The number of rotatable bonds is 1. The predicted molar refractivity (Wildman–Crippen MR) is 53.3 cm³/mol. The predicted octanol–water partition coefficient (Wildman–Crippen LogP) is 2.19. The van der Waals surface area contributed by atoms with Crippen LogP contribution in [0.1, 0.15) is 39.5 Å². The molecule has 0 atom stereocenters. The number of aliphatic imine (C=N–C) groups is 1. The second-order valence-electron chi connectivity index (χ2n) is 4.59. The molecule has 1 fully saturated rings. The minimum Gasteiger partial charge on any atom is -0.387 e. The van der Waals surface area contributed by atoms with Gasteiger partial charge in [-0.25, -0.2) is 0 Å². The molecule has 2 heteroatoms. The molecular weight excluding hydrogens is 148 g/mol. The van der Waals surface area contributed by atoms with Crippen LogP contribution in [0.5, 0.6) is 0 Å². The van der Waals surface area contributed by atoms with E-state index in [2.05, 4.69) is 18.8 Å². The molecule has 0 spiro atoms. The standard InChI is InChI=1S/C10H20N2/c1-10(2)6-4-8(5-7-10)9(11)12-3/h8H,4-7H2,1-3H3,(H2,11,12). The Morgan fingerprint density at radius 2 is 1.83 bits per heavy atom. The van der Waals surface area contributed by atoms with Crippen LogP contribution in [0.15, 0.2) is 4.99 Å². The summed E-state index contributed by atoms with van der Waals surface area (Å²) in [5, 5.41) is 0. The number of nitrogens with zero attached hydrogens (tertiary/aromatic N) is 1. The molecule has 0 bridgehead atoms. The molecule has 0 aliphatic heterocycles. The third-order valence-electron chi connectivity index (χ3n) is 3.02. The van der Waals surface area contributed by atoms with Gasteiger partial charge in [-0.2, -0.15) is 0 Å². The number of nitrogens with two attached hydrogens (primary N) is 1. The van der Waals surface area contributed by atoms with Gasteiger partial charge in [0.25, 0.3) is 0 Å². The van der Waals surface area contributed by atoms with Crippen molar-refractivity contribution in [2.45, 2.75) is 39.5 Å². The summed E-state index contributed by atoms with van der Waals surface area (Å²) in [7, 11) is 1.79. The van der Waals surface area contributed by atoms with Crippen LogP contribution in [-0.2, 0) is 0 Å². The van der Waals surface area contributed by atoms with Crippen LogP contribution in [0.25, 0.3) is 0 Å². The molecule has 12 heavy (non-hydrogen) atoms. The van der Waals surface area contributed by atoms with Crippen molar-refractivity contribution in [3.05, 3.63) is 0 Å². The lowest BCUT2D eigenvalue weighted by atomic mass is 9.73. The minimum atomic E-state index is 0.532. The van der Waals surface area contributed by atoms with E-state index in [-0.39, 0.29) is 0 Å². The van der Waals surface area contributed by atoms with Gasteiger partial charge in [0.1, 0.15) is 0 Å². The smallest absolute Gasteiger partial charge is 0.0964 e. The van der Waals surface area contributed by atoms with E-state index in [1.54, 1.807) is 7.05 Å². The molecule has 1 saturated carbocycles. The van der Waals surface area contributed by atoms with Gasteiger partial charge in [-0.1, -0.05) is 13.8 Å². The van der Waals surface area contributed by atoms with Crippen LogP contribution in [0.4, 0.5) is 0 Å². The van der Waals surface area contributed by atoms with Crippen molar-refractivity contribution in [1.82, 2.24) is 0 Å². The van der Waals surface area contributed by atoms with E-state index < -0.39 is 0 Å². The van der Waals surface area contributed by atoms with Gasteiger partial charge in [0.2, 0.25) is 0 Å². The molecule has 0 radical (unpaired) electrons. The number of hydrogen-bond acceptors (Lipinski definition) is 1. The van der Waals surface area contributed by atoms with Crippen LogP contribution in [0.2, 0.25) is 0 Å². The molecule has 0 saturated heterocycles. The van der Waals surface area contributed by atoms with E-state index in [1.807, 2.05) is 0 Å². The van der Waals surface area contributed by atoms with Gasteiger partial charge in [-0.05, 0) is 31.1 Å². The summed E-state index contributed by atoms with van der Waals surface area (Å²) < 4.78 is 0. The lowest BCUT2D eigenvalue weighted by Gasteiger charge is -2.33. The monoisotopic (exact) mass is 168 g/mol. The van der Waals surface area contributed by atoms with E-state index in [0.29, 0.717) is 11.3 Å². The average Bonchev–Trinajstić information content (AvgIpc) is 2.03. The second-order valence-corrected chi connectivity index (χ2v) is 4.59. The summed E-state index contributed by atoms with van der Waals surface area (Å²) in [4.78, 5) is 4.05. The van der Waals surface area contributed by atoms with Crippen molar-refractivity contribution in [1.29, 1.82) is 0 Å². The highest BCUT2D eigenvalue weighted by Gasteiger charge is 2.28. The molecule has 1 aliphatic carbocycles. The Hall–Kier alpha value is -0.530. The Morgan fingerprint density at radius 1 is 1.33 bits per heavy atom. The van der Waals surface area contributed by atoms with Gasteiger partial charge in [-0.3, -0.25) is 4.99 Å². The van der Waals surface area contributed by atoms with Crippen molar-refractivity contribution in [2.24, 2.45) is 22.1 Å². The molecule has 2 nitrogen and oxygen atoms in total. The molecule has 0 amide bonds. The quantitative estimate of drug-likeness (QED) is 0.473. The SMILES string of the molecule is CN=C(N)C1CCC(C)(C)CC1. The molecular formula is C10H20N2. The highest BCUT2D eigenvalue weighted by Crippen LogP contribution is 2.37. The lowest BCUT2D eigenvalue weighted by molar-refractivity contribution is 0.220. The van der Waals surface area contributed by atoms with E-state index in [9.17, 15) is 0 Å². The van der Waals surface area contributed by atoms with Crippen molar-refractivity contribution in [3.8, 4) is 0 Å². The van der Waals surface area contributed by atoms with Gasteiger partial charge in [0, 0.05) is 13.0 Å². The summed E-state index contributed by atoms with van der Waals surface area (Å²) >= 11 is 0. The zero-order valence-corrected chi connectivity index (χ0v) is 8.43. The Bertz CT molecular complexity index is 172. The molecule has 0 heterocycles. The van der Waals surface area contributed by atoms with Crippen molar-refractivity contribution in [3.63, 3.8) is 0 Å². The summed E-state index contributed by atoms with van der Waals surface area (Å²) in [5.41, 5.74) is 6.32. The molecule has 0 aromatic carbocycles. The maximum Gasteiger partial charge on any atom is 0.0964 e. The molecule has 1 aliphatic rings. The first-order chi connectivity index (χ1) is 5.55.